The van der Waals surface area contributed by atoms with Crippen LogP contribution in [0.5, 0.6) is 0 Å². The normalized spacial score (nSPS) is 11.0. The van der Waals surface area contributed by atoms with Gasteiger partial charge in [0.05, 0.1) is 12.3 Å². The third kappa shape index (κ3) is 5.82. The molecule has 3 rings (SSSR count). The molecular weight excluding hydrogens is 360 g/mol. The number of carbonyl (C=O) groups is 1. The fraction of sp³-hybridized carbons (Fsp3) is 0.300. The third-order valence-corrected chi connectivity index (χ3v) is 5.03. The van der Waals surface area contributed by atoms with Crippen LogP contribution in [-0.4, -0.2) is 48.6 Å². The summed E-state index contributed by atoms with van der Waals surface area (Å²) in [6, 6.07) is 13.6. The summed E-state index contributed by atoms with van der Waals surface area (Å²) in [4.78, 5) is 17.9. The third-order valence-electron chi connectivity index (χ3n) is 3.99. The molecule has 0 saturated heterocycles. The monoisotopic (exact) mass is 384 g/mol. The predicted octanol–water partition coefficient (Wildman–Crippen LogP) is 2.59. The number of imidazole rings is 1. The number of methoxy groups -OCH3 is 1. The van der Waals surface area contributed by atoms with E-state index in [0.29, 0.717) is 18.7 Å². The Bertz CT molecular complexity index is 831. The fourth-order valence-electron chi connectivity index (χ4n) is 2.58. The number of fused-ring (bicyclic) bond motifs is 1. The molecule has 0 aliphatic carbocycles. The van der Waals surface area contributed by atoms with Crippen LogP contribution in [0.25, 0.3) is 5.65 Å². The number of amides is 1. The van der Waals surface area contributed by atoms with Crippen molar-refractivity contribution in [2.45, 2.75) is 10.6 Å². The summed E-state index contributed by atoms with van der Waals surface area (Å²) in [5, 5.41) is 6.10. The lowest BCUT2D eigenvalue weighted by atomic mass is 10.2. The Morgan fingerprint density at radius 3 is 2.78 bits per heavy atom. The van der Waals surface area contributed by atoms with E-state index in [4.69, 9.17) is 4.74 Å². The molecule has 0 spiro atoms. The molecule has 0 saturated carbocycles. The van der Waals surface area contributed by atoms with Crippen molar-refractivity contribution in [3.63, 3.8) is 0 Å². The number of ether oxygens (including phenoxy) is 1. The van der Waals surface area contributed by atoms with Crippen LogP contribution < -0.4 is 10.6 Å². The first-order valence-corrected chi connectivity index (χ1v) is 9.88. The molecule has 1 aromatic carbocycles. The van der Waals surface area contributed by atoms with Crippen LogP contribution in [0.15, 0.2) is 59.8 Å². The molecule has 142 valence electrons. The lowest BCUT2D eigenvalue weighted by molar-refractivity contribution is 0.0953. The van der Waals surface area contributed by atoms with Crippen LogP contribution in [0, 0.1) is 0 Å². The summed E-state index contributed by atoms with van der Waals surface area (Å²) in [6.07, 6.45) is 4.04. The van der Waals surface area contributed by atoms with Gasteiger partial charge in [-0.15, -0.1) is 11.8 Å². The average Bonchev–Trinajstić information content (AvgIpc) is 3.12. The van der Waals surface area contributed by atoms with Crippen molar-refractivity contribution in [1.82, 2.24) is 20.0 Å². The standard InChI is InChI=1S/C20H24N4O2S/c1-26-13-11-21-9-10-22-20(25)16-5-7-18(8-6-16)27-15-17-14-24-12-3-2-4-19(24)23-17/h2-8,12,14,21H,9-11,13,15H2,1H3,(H,22,25). The Hall–Kier alpha value is -2.35. The van der Waals surface area contributed by atoms with Crippen molar-refractivity contribution < 1.29 is 9.53 Å². The molecule has 0 atom stereocenters. The lowest BCUT2D eigenvalue weighted by Crippen LogP contribution is -2.33. The van der Waals surface area contributed by atoms with Gasteiger partial charge < -0.3 is 19.8 Å². The van der Waals surface area contributed by atoms with Crippen LogP contribution in [0.2, 0.25) is 0 Å². The molecule has 0 aliphatic rings. The van der Waals surface area contributed by atoms with E-state index in [0.717, 1.165) is 35.1 Å². The summed E-state index contributed by atoms with van der Waals surface area (Å²) >= 11 is 1.71. The molecule has 2 aromatic heterocycles. The Balaban J connectivity index is 1.44. The number of rotatable bonds is 10. The minimum Gasteiger partial charge on any atom is -0.383 e. The Morgan fingerprint density at radius 2 is 2.00 bits per heavy atom. The highest BCUT2D eigenvalue weighted by Gasteiger charge is 2.06. The highest BCUT2D eigenvalue weighted by molar-refractivity contribution is 7.98. The molecule has 2 heterocycles. The SMILES string of the molecule is COCCNCCNC(=O)c1ccc(SCc2cn3ccccc3n2)cc1. The van der Waals surface area contributed by atoms with Gasteiger partial charge in [-0.2, -0.15) is 0 Å². The van der Waals surface area contributed by atoms with Gasteiger partial charge in [0, 0.05) is 55.3 Å². The number of nitrogens with zero attached hydrogens (tertiary/aromatic N) is 2. The number of carbonyl (C=O) groups excluding carboxylic acids is 1. The Morgan fingerprint density at radius 1 is 1.15 bits per heavy atom. The van der Waals surface area contributed by atoms with E-state index < -0.39 is 0 Å². The van der Waals surface area contributed by atoms with Gasteiger partial charge in [0.15, 0.2) is 0 Å². The van der Waals surface area contributed by atoms with Gasteiger partial charge in [0.25, 0.3) is 5.91 Å². The number of hydrogen-bond donors (Lipinski definition) is 2. The van der Waals surface area contributed by atoms with Crippen LogP contribution in [0.4, 0.5) is 0 Å². The molecule has 27 heavy (non-hydrogen) atoms. The average molecular weight is 385 g/mol. The maximum atomic E-state index is 12.1. The van der Waals surface area contributed by atoms with Crippen LogP contribution >= 0.6 is 11.8 Å². The summed E-state index contributed by atoms with van der Waals surface area (Å²) < 4.78 is 6.98. The van der Waals surface area contributed by atoms with Crippen molar-refractivity contribution >= 4 is 23.3 Å². The Kier molecular flexibility index (Phi) is 7.27. The van der Waals surface area contributed by atoms with E-state index in [2.05, 4.69) is 15.6 Å². The molecule has 0 bridgehead atoms. The first-order valence-electron chi connectivity index (χ1n) is 8.89. The van der Waals surface area contributed by atoms with Gasteiger partial charge in [-0.3, -0.25) is 4.79 Å². The van der Waals surface area contributed by atoms with Crippen molar-refractivity contribution in [3.8, 4) is 0 Å². The zero-order valence-electron chi connectivity index (χ0n) is 15.4. The van der Waals surface area contributed by atoms with E-state index in [-0.39, 0.29) is 5.91 Å². The van der Waals surface area contributed by atoms with Gasteiger partial charge >= 0.3 is 0 Å². The second-order valence-electron chi connectivity index (χ2n) is 6.01. The largest absolute Gasteiger partial charge is 0.383 e. The molecule has 0 aliphatic heterocycles. The van der Waals surface area contributed by atoms with Crippen molar-refractivity contribution in [2.24, 2.45) is 0 Å². The van der Waals surface area contributed by atoms with Crippen LogP contribution in [0.3, 0.4) is 0 Å². The molecule has 0 fully saturated rings. The molecule has 6 nitrogen and oxygen atoms in total. The van der Waals surface area contributed by atoms with Gasteiger partial charge in [-0.1, -0.05) is 6.07 Å². The second kappa shape index (κ2) is 10.1. The molecule has 2 N–H and O–H groups in total. The van der Waals surface area contributed by atoms with Crippen molar-refractivity contribution in [3.05, 3.63) is 66.1 Å². The number of thioether (sulfide) groups is 1. The Labute approximate surface area is 163 Å². The minimum absolute atomic E-state index is 0.0551. The summed E-state index contributed by atoms with van der Waals surface area (Å²) in [5.41, 5.74) is 2.66. The van der Waals surface area contributed by atoms with Crippen molar-refractivity contribution in [2.75, 3.05) is 33.4 Å². The zero-order chi connectivity index (χ0) is 18.9. The summed E-state index contributed by atoms with van der Waals surface area (Å²) in [6.45, 7) is 2.77. The van der Waals surface area contributed by atoms with E-state index in [1.54, 1.807) is 18.9 Å². The van der Waals surface area contributed by atoms with Gasteiger partial charge in [-0.25, -0.2) is 4.98 Å². The topological polar surface area (TPSA) is 67.7 Å². The molecule has 7 heteroatoms. The smallest absolute Gasteiger partial charge is 0.251 e. The zero-order valence-corrected chi connectivity index (χ0v) is 16.2. The van der Waals surface area contributed by atoms with E-state index in [9.17, 15) is 4.79 Å². The van der Waals surface area contributed by atoms with E-state index >= 15 is 0 Å². The molecule has 1 amide bonds. The van der Waals surface area contributed by atoms with E-state index in [1.807, 2.05) is 59.3 Å². The molecule has 3 aromatic rings. The number of nitrogens with one attached hydrogen (secondary N) is 2. The van der Waals surface area contributed by atoms with Gasteiger partial charge in [-0.05, 0) is 36.4 Å². The maximum absolute atomic E-state index is 12.1. The first kappa shape index (κ1) is 19.4. The number of aromatic nitrogens is 2. The second-order valence-corrected chi connectivity index (χ2v) is 7.06. The van der Waals surface area contributed by atoms with Crippen LogP contribution in [0.1, 0.15) is 16.1 Å². The quantitative estimate of drug-likeness (QED) is 0.415. The number of hydrogen-bond acceptors (Lipinski definition) is 5. The minimum atomic E-state index is -0.0551. The van der Waals surface area contributed by atoms with Gasteiger partial charge in [0.2, 0.25) is 0 Å². The number of benzene rings is 1. The molecule has 0 radical (unpaired) electrons. The van der Waals surface area contributed by atoms with Crippen LogP contribution in [-0.2, 0) is 10.5 Å². The lowest BCUT2D eigenvalue weighted by Gasteiger charge is -2.07. The molecule has 0 unspecified atom stereocenters. The molecular formula is C20H24N4O2S. The van der Waals surface area contributed by atoms with Crippen molar-refractivity contribution in [1.29, 1.82) is 0 Å². The predicted molar refractivity (Wildman–Crippen MR) is 108 cm³/mol. The number of pyridine rings is 1. The highest BCUT2D eigenvalue weighted by Crippen LogP contribution is 2.23. The fourth-order valence-corrected chi connectivity index (χ4v) is 3.36. The first-order chi connectivity index (χ1) is 13.3. The summed E-state index contributed by atoms with van der Waals surface area (Å²) in [7, 11) is 1.67. The maximum Gasteiger partial charge on any atom is 0.251 e. The summed E-state index contributed by atoms with van der Waals surface area (Å²) in [5.74, 6) is 0.737. The highest BCUT2D eigenvalue weighted by atomic mass is 32.2. The van der Waals surface area contributed by atoms with Gasteiger partial charge in [0.1, 0.15) is 5.65 Å². The van der Waals surface area contributed by atoms with E-state index in [1.165, 1.54) is 0 Å².